The number of amides is 1. The van der Waals surface area contributed by atoms with E-state index < -0.39 is 17.7 Å². The highest BCUT2D eigenvalue weighted by Gasteiger charge is 2.20. The van der Waals surface area contributed by atoms with Crippen molar-refractivity contribution in [3.8, 4) is 0 Å². The molecule has 0 fully saturated rings. The molecular formula is C21H21F2N3O2S. The third-order valence-electron chi connectivity index (χ3n) is 5.27. The lowest BCUT2D eigenvalue weighted by Crippen LogP contribution is -2.27. The molecule has 5 nitrogen and oxygen atoms in total. The van der Waals surface area contributed by atoms with Gasteiger partial charge in [-0.2, -0.15) is 0 Å². The maximum atomic E-state index is 13.9. The summed E-state index contributed by atoms with van der Waals surface area (Å²) in [6.45, 7) is 1.64. The van der Waals surface area contributed by atoms with Crippen molar-refractivity contribution in [3.05, 3.63) is 62.0 Å². The molecular weight excluding hydrogens is 396 g/mol. The minimum absolute atomic E-state index is 0.104. The van der Waals surface area contributed by atoms with Gasteiger partial charge in [-0.3, -0.25) is 9.59 Å². The molecule has 1 aromatic carbocycles. The smallest absolute Gasteiger partial charge is 0.259 e. The number of aromatic nitrogens is 2. The van der Waals surface area contributed by atoms with Gasteiger partial charge in [0.25, 0.3) is 5.56 Å². The number of hydrogen-bond acceptors (Lipinski definition) is 4. The fraction of sp³-hybridized carbons (Fsp3) is 0.381. The zero-order valence-electron chi connectivity index (χ0n) is 16.0. The van der Waals surface area contributed by atoms with Crippen LogP contribution >= 0.6 is 11.3 Å². The summed E-state index contributed by atoms with van der Waals surface area (Å²) >= 11 is 1.57. The number of H-pyrrole nitrogens is 1. The highest BCUT2D eigenvalue weighted by molar-refractivity contribution is 7.18. The minimum Gasteiger partial charge on any atom is -0.349 e. The molecule has 0 radical (unpaired) electrons. The van der Waals surface area contributed by atoms with Crippen LogP contribution in [0.4, 0.5) is 8.78 Å². The summed E-state index contributed by atoms with van der Waals surface area (Å²) in [6.07, 6.45) is 4.51. The topological polar surface area (TPSA) is 74.8 Å². The predicted molar refractivity (Wildman–Crippen MR) is 108 cm³/mol. The van der Waals surface area contributed by atoms with Crippen LogP contribution in [0.5, 0.6) is 0 Å². The normalized spacial score (nSPS) is 14.6. The molecule has 2 aromatic heterocycles. The van der Waals surface area contributed by atoms with Crippen LogP contribution in [-0.4, -0.2) is 15.9 Å². The molecule has 1 aliphatic rings. The molecule has 1 amide bonds. The molecule has 152 valence electrons. The highest BCUT2D eigenvalue weighted by atomic mass is 32.1. The minimum atomic E-state index is -0.698. The third kappa shape index (κ3) is 4.07. The molecule has 0 unspecified atom stereocenters. The second kappa shape index (κ2) is 8.02. The fourth-order valence-corrected chi connectivity index (χ4v) is 5.08. The first kappa shape index (κ1) is 19.7. The average molecular weight is 417 g/mol. The Hall–Kier alpha value is -2.61. The molecule has 0 saturated carbocycles. The number of benzene rings is 1. The SMILES string of the molecule is C[C@H](NC(=O)CCc1nc2sc3c(c2c(=O)[nH]1)CCCC3)c1ccc(F)cc1F. The Bertz CT molecular complexity index is 1140. The number of carbonyl (C=O) groups excluding carboxylic acids is 1. The van der Waals surface area contributed by atoms with Gasteiger partial charge >= 0.3 is 0 Å². The number of hydrogen-bond donors (Lipinski definition) is 2. The average Bonchev–Trinajstić information content (AvgIpc) is 3.05. The van der Waals surface area contributed by atoms with Gasteiger partial charge in [0, 0.05) is 29.3 Å². The summed E-state index contributed by atoms with van der Waals surface area (Å²) < 4.78 is 26.9. The number of fused-ring (bicyclic) bond motifs is 3. The van der Waals surface area contributed by atoms with Gasteiger partial charge < -0.3 is 10.3 Å². The van der Waals surface area contributed by atoms with Gasteiger partial charge in [0.2, 0.25) is 5.91 Å². The Labute approximate surface area is 170 Å². The van der Waals surface area contributed by atoms with Crippen LogP contribution in [0, 0.1) is 11.6 Å². The standard InChI is InChI=1S/C21H21F2N3O2S/c1-11(13-7-6-12(22)10-15(13)23)24-18(27)9-8-17-25-20(28)19-14-4-2-3-5-16(14)29-21(19)26-17/h6-7,10-11H,2-5,8-9H2,1H3,(H,24,27)(H,25,26,28)/t11-/m0/s1. The molecule has 8 heteroatoms. The van der Waals surface area contributed by atoms with Gasteiger partial charge in [-0.15, -0.1) is 11.3 Å². The van der Waals surface area contributed by atoms with Crippen molar-refractivity contribution in [1.29, 1.82) is 0 Å². The number of aromatic amines is 1. The summed E-state index contributed by atoms with van der Waals surface area (Å²) in [4.78, 5) is 34.1. The van der Waals surface area contributed by atoms with E-state index in [1.807, 2.05) is 0 Å². The van der Waals surface area contributed by atoms with E-state index in [1.165, 1.54) is 10.9 Å². The molecule has 4 rings (SSSR count). The van der Waals surface area contributed by atoms with E-state index in [0.29, 0.717) is 11.2 Å². The first-order valence-corrected chi connectivity index (χ1v) is 10.5. The summed E-state index contributed by atoms with van der Waals surface area (Å²) in [6, 6.07) is 2.68. The monoisotopic (exact) mass is 417 g/mol. The quantitative estimate of drug-likeness (QED) is 0.660. The number of thiophene rings is 1. The molecule has 0 spiro atoms. The van der Waals surface area contributed by atoms with Crippen molar-refractivity contribution < 1.29 is 13.6 Å². The van der Waals surface area contributed by atoms with Gasteiger partial charge in [0.1, 0.15) is 22.3 Å². The molecule has 3 aromatic rings. The van der Waals surface area contributed by atoms with Gasteiger partial charge in [0.15, 0.2) is 0 Å². The van der Waals surface area contributed by atoms with Crippen LogP contribution in [0.3, 0.4) is 0 Å². The van der Waals surface area contributed by atoms with Gasteiger partial charge in [-0.25, -0.2) is 13.8 Å². The Morgan fingerprint density at radius 2 is 2.10 bits per heavy atom. The molecule has 0 saturated heterocycles. The van der Waals surface area contributed by atoms with Crippen molar-refractivity contribution >= 4 is 27.5 Å². The van der Waals surface area contributed by atoms with E-state index in [-0.39, 0.29) is 29.9 Å². The number of nitrogens with one attached hydrogen (secondary N) is 2. The Kier molecular flexibility index (Phi) is 5.45. The first-order chi connectivity index (χ1) is 13.9. The van der Waals surface area contributed by atoms with E-state index in [9.17, 15) is 18.4 Å². The van der Waals surface area contributed by atoms with Crippen LogP contribution < -0.4 is 10.9 Å². The van der Waals surface area contributed by atoms with Gasteiger partial charge in [0.05, 0.1) is 11.4 Å². The third-order valence-corrected chi connectivity index (χ3v) is 6.46. The van der Waals surface area contributed by atoms with Crippen molar-refractivity contribution in [1.82, 2.24) is 15.3 Å². The first-order valence-electron chi connectivity index (χ1n) is 9.70. The van der Waals surface area contributed by atoms with Crippen LogP contribution in [0.15, 0.2) is 23.0 Å². The van der Waals surface area contributed by atoms with Crippen LogP contribution in [0.25, 0.3) is 10.2 Å². The van der Waals surface area contributed by atoms with Crippen molar-refractivity contribution in [2.24, 2.45) is 0 Å². The molecule has 0 aliphatic heterocycles. The molecule has 2 heterocycles. The number of halogens is 2. The van der Waals surface area contributed by atoms with Gasteiger partial charge in [-0.05, 0) is 44.2 Å². The molecule has 1 aliphatic carbocycles. The van der Waals surface area contributed by atoms with E-state index in [2.05, 4.69) is 15.3 Å². The zero-order valence-corrected chi connectivity index (χ0v) is 16.8. The summed E-state index contributed by atoms with van der Waals surface area (Å²) in [5, 5.41) is 3.39. The second-order valence-electron chi connectivity index (χ2n) is 7.36. The van der Waals surface area contributed by atoms with Gasteiger partial charge in [-0.1, -0.05) is 6.07 Å². The van der Waals surface area contributed by atoms with E-state index >= 15 is 0 Å². The number of carbonyl (C=O) groups is 1. The lowest BCUT2D eigenvalue weighted by molar-refractivity contribution is -0.121. The largest absolute Gasteiger partial charge is 0.349 e. The summed E-state index contributed by atoms with van der Waals surface area (Å²) in [5.74, 6) is -1.19. The lowest BCUT2D eigenvalue weighted by atomic mass is 9.97. The van der Waals surface area contributed by atoms with Crippen LogP contribution in [0.2, 0.25) is 0 Å². The van der Waals surface area contributed by atoms with Crippen LogP contribution in [0.1, 0.15) is 54.1 Å². The van der Waals surface area contributed by atoms with E-state index in [4.69, 9.17) is 0 Å². The summed E-state index contributed by atoms with van der Waals surface area (Å²) in [7, 11) is 0. The van der Waals surface area contributed by atoms with Crippen molar-refractivity contribution in [3.63, 3.8) is 0 Å². The van der Waals surface area contributed by atoms with Crippen molar-refractivity contribution in [2.45, 2.75) is 51.5 Å². The molecule has 1 atom stereocenters. The summed E-state index contributed by atoms with van der Waals surface area (Å²) in [5.41, 5.74) is 1.20. The number of aryl methyl sites for hydroxylation is 3. The van der Waals surface area contributed by atoms with E-state index in [0.717, 1.165) is 48.2 Å². The Morgan fingerprint density at radius 3 is 2.90 bits per heavy atom. The van der Waals surface area contributed by atoms with Crippen molar-refractivity contribution in [2.75, 3.05) is 0 Å². The second-order valence-corrected chi connectivity index (χ2v) is 8.44. The maximum absolute atomic E-state index is 13.9. The predicted octanol–water partition coefficient (Wildman–Crippen LogP) is 3.95. The highest BCUT2D eigenvalue weighted by Crippen LogP contribution is 2.33. The zero-order chi connectivity index (χ0) is 20.5. The number of nitrogens with zero attached hydrogens (tertiary/aromatic N) is 1. The maximum Gasteiger partial charge on any atom is 0.259 e. The fourth-order valence-electron chi connectivity index (χ4n) is 3.80. The van der Waals surface area contributed by atoms with E-state index in [1.54, 1.807) is 18.3 Å². The Morgan fingerprint density at radius 1 is 1.31 bits per heavy atom. The number of rotatable bonds is 5. The molecule has 0 bridgehead atoms. The Balaban J connectivity index is 1.44. The van der Waals surface area contributed by atoms with Crippen LogP contribution in [-0.2, 0) is 24.1 Å². The molecule has 29 heavy (non-hydrogen) atoms. The molecule has 2 N–H and O–H groups in total. The lowest BCUT2D eigenvalue weighted by Gasteiger charge is -2.15.